The fraction of sp³-hybridized carbons (Fsp3) is 0. The monoisotopic (exact) mass is 257 g/mol. The second kappa shape index (κ2) is 4.77. The third-order valence-corrected chi connectivity index (χ3v) is 2.61. The van der Waals surface area contributed by atoms with Crippen LogP contribution in [0.1, 0.15) is 20.7 Å². The highest BCUT2D eigenvalue weighted by Crippen LogP contribution is 2.25. The second-order valence-electron chi connectivity index (χ2n) is 3.90. The van der Waals surface area contributed by atoms with E-state index in [2.05, 4.69) is 4.98 Å². The number of hydrogen-bond acceptors (Lipinski definition) is 4. The van der Waals surface area contributed by atoms with Gasteiger partial charge in [-0.2, -0.15) is 0 Å². The fourth-order valence-corrected chi connectivity index (χ4v) is 1.72. The van der Waals surface area contributed by atoms with Crippen LogP contribution in [0.3, 0.4) is 0 Å². The van der Waals surface area contributed by atoms with E-state index in [1.165, 1.54) is 18.3 Å². The summed E-state index contributed by atoms with van der Waals surface area (Å²) in [6, 6.07) is 7.64. The predicted octanol–water partition coefficient (Wildman–Crippen LogP) is 1.13. The van der Waals surface area contributed by atoms with Crippen LogP contribution in [-0.2, 0) is 0 Å². The Kier molecular flexibility index (Phi) is 3.15. The first-order valence-electron chi connectivity index (χ1n) is 5.38. The summed E-state index contributed by atoms with van der Waals surface area (Å²) in [5.74, 6) is -1.58. The molecule has 0 saturated heterocycles. The van der Waals surface area contributed by atoms with Gasteiger partial charge in [-0.3, -0.25) is 4.79 Å². The molecular formula is C13H11N3O3. The standard InChI is InChI=1S/C13H11N3O3/c14-11-5-9(13(18)19)10(6-16-11)7-2-1-3-8(4-7)12(15)17/h1-6H,(H2,14,16)(H2,15,17)(H,18,19). The summed E-state index contributed by atoms with van der Waals surface area (Å²) < 4.78 is 0. The van der Waals surface area contributed by atoms with E-state index in [-0.39, 0.29) is 11.4 Å². The first-order chi connectivity index (χ1) is 8.99. The van der Waals surface area contributed by atoms with E-state index in [9.17, 15) is 9.59 Å². The van der Waals surface area contributed by atoms with Crippen LogP contribution in [-0.4, -0.2) is 22.0 Å². The first-order valence-corrected chi connectivity index (χ1v) is 5.38. The number of aromatic nitrogens is 1. The summed E-state index contributed by atoms with van der Waals surface area (Å²) >= 11 is 0. The molecule has 6 heteroatoms. The molecule has 5 N–H and O–H groups in total. The molecule has 0 fully saturated rings. The number of nitrogen functional groups attached to an aromatic ring is 1. The van der Waals surface area contributed by atoms with E-state index in [0.717, 1.165) is 0 Å². The molecule has 0 radical (unpaired) electrons. The van der Waals surface area contributed by atoms with E-state index in [0.29, 0.717) is 16.7 Å². The van der Waals surface area contributed by atoms with Crippen LogP contribution in [0.5, 0.6) is 0 Å². The molecule has 96 valence electrons. The largest absolute Gasteiger partial charge is 0.478 e. The van der Waals surface area contributed by atoms with Gasteiger partial charge >= 0.3 is 5.97 Å². The van der Waals surface area contributed by atoms with Gasteiger partial charge in [0.15, 0.2) is 0 Å². The fourth-order valence-electron chi connectivity index (χ4n) is 1.72. The maximum absolute atomic E-state index is 11.2. The Morgan fingerprint density at radius 3 is 2.58 bits per heavy atom. The molecule has 0 aliphatic rings. The maximum Gasteiger partial charge on any atom is 0.336 e. The number of carboxylic acids is 1. The lowest BCUT2D eigenvalue weighted by Crippen LogP contribution is -2.11. The van der Waals surface area contributed by atoms with Crippen molar-refractivity contribution < 1.29 is 14.7 Å². The Hall–Kier alpha value is -2.89. The summed E-state index contributed by atoms with van der Waals surface area (Å²) in [5.41, 5.74) is 11.9. The topological polar surface area (TPSA) is 119 Å². The van der Waals surface area contributed by atoms with Crippen molar-refractivity contribution in [2.45, 2.75) is 0 Å². The number of anilines is 1. The summed E-state index contributed by atoms with van der Waals surface area (Å²) in [6.45, 7) is 0. The van der Waals surface area contributed by atoms with Crippen molar-refractivity contribution in [1.29, 1.82) is 0 Å². The van der Waals surface area contributed by atoms with Crippen molar-refractivity contribution in [3.05, 3.63) is 47.7 Å². The van der Waals surface area contributed by atoms with Gasteiger partial charge < -0.3 is 16.6 Å². The molecule has 19 heavy (non-hydrogen) atoms. The van der Waals surface area contributed by atoms with Crippen molar-refractivity contribution in [3.8, 4) is 11.1 Å². The van der Waals surface area contributed by atoms with E-state index in [1.54, 1.807) is 18.2 Å². The Morgan fingerprint density at radius 1 is 1.21 bits per heavy atom. The van der Waals surface area contributed by atoms with Crippen molar-refractivity contribution >= 4 is 17.7 Å². The summed E-state index contributed by atoms with van der Waals surface area (Å²) in [5, 5.41) is 9.15. The van der Waals surface area contributed by atoms with Gasteiger partial charge in [-0.1, -0.05) is 12.1 Å². The number of carboxylic acid groups (broad SMARTS) is 1. The molecule has 1 amide bonds. The van der Waals surface area contributed by atoms with E-state index in [4.69, 9.17) is 16.6 Å². The van der Waals surface area contributed by atoms with Gasteiger partial charge in [0.1, 0.15) is 5.82 Å². The molecule has 0 bridgehead atoms. The van der Waals surface area contributed by atoms with Crippen molar-refractivity contribution in [3.63, 3.8) is 0 Å². The van der Waals surface area contributed by atoms with Crippen LogP contribution >= 0.6 is 0 Å². The molecule has 0 spiro atoms. The van der Waals surface area contributed by atoms with Crippen molar-refractivity contribution in [2.24, 2.45) is 5.73 Å². The highest BCUT2D eigenvalue weighted by Gasteiger charge is 2.14. The zero-order chi connectivity index (χ0) is 14.0. The van der Waals surface area contributed by atoms with E-state index >= 15 is 0 Å². The normalized spacial score (nSPS) is 10.1. The Balaban J connectivity index is 2.61. The van der Waals surface area contributed by atoms with Crippen LogP contribution in [0.2, 0.25) is 0 Å². The Bertz CT molecular complexity index is 668. The minimum Gasteiger partial charge on any atom is -0.478 e. The SMILES string of the molecule is NC(=O)c1cccc(-c2cnc(N)cc2C(=O)O)c1. The summed E-state index contributed by atoms with van der Waals surface area (Å²) in [7, 11) is 0. The number of carbonyl (C=O) groups is 2. The van der Waals surface area contributed by atoms with Crippen LogP contribution in [0.25, 0.3) is 11.1 Å². The quantitative estimate of drug-likeness (QED) is 0.761. The molecule has 1 aromatic carbocycles. The number of benzene rings is 1. The molecule has 0 aliphatic heterocycles. The molecule has 1 aromatic heterocycles. The van der Waals surface area contributed by atoms with Crippen LogP contribution in [0.15, 0.2) is 36.5 Å². The number of amides is 1. The molecule has 2 aromatic rings. The highest BCUT2D eigenvalue weighted by atomic mass is 16.4. The Labute approximate surface area is 108 Å². The predicted molar refractivity (Wildman–Crippen MR) is 69.6 cm³/mol. The van der Waals surface area contributed by atoms with Gasteiger partial charge in [-0.05, 0) is 23.8 Å². The molecule has 1 heterocycles. The molecular weight excluding hydrogens is 246 g/mol. The van der Waals surface area contributed by atoms with Crippen LogP contribution < -0.4 is 11.5 Å². The van der Waals surface area contributed by atoms with Crippen molar-refractivity contribution in [1.82, 2.24) is 4.98 Å². The maximum atomic E-state index is 11.2. The zero-order valence-corrected chi connectivity index (χ0v) is 9.83. The second-order valence-corrected chi connectivity index (χ2v) is 3.90. The molecule has 0 saturated carbocycles. The van der Waals surface area contributed by atoms with Gasteiger partial charge in [0.05, 0.1) is 5.56 Å². The number of primary amides is 1. The van der Waals surface area contributed by atoms with Crippen LogP contribution in [0.4, 0.5) is 5.82 Å². The van der Waals surface area contributed by atoms with E-state index in [1.807, 2.05) is 0 Å². The lowest BCUT2D eigenvalue weighted by molar-refractivity contribution is 0.0697. The van der Waals surface area contributed by atoms with Gasteiger partial charge in [0.2, 0.25) is 5.91 Å². The van der Waals surface area contributed by atoms with Crippen LogP contribution in [0, 0.1) is 0 Å². The lowest BCUT2D eigenvalue weighted by atomic mass is 10.00. The third kappa shape index (κ3) is 2.52. The van der Waals surface area contributed by atoms with Gasteiger partial charge in [-0.25, -0.2) is 9.78 Å². The van der Waals surface area contributed by atoms with Gasteiger partial charge in [0.25, 0.3) is 0 Å². The number of hydrogen-bond donors (Lipinski definition) is 3. The number of nitrogens with two attached hydrogens (primary N) is 2. The zero-order valence-electron chi connectivity index (χ0n) is 9.83. The van der Waals surface area contributed by atoms with Gasteiger partial charge in [-0.15, -0.1) is 0 Å². The average Bonchev–Trinajstić information content (AvgIpc) is 2.38. The number of rotatable bonds is 3. The summed E-state index contributed by atoms with van der Waals surface area (Å²) in [6.07, 6.45) is 1.36. The number of carbonyl (C=O) groups excluding carboxylic acids is 1. The molecule has 6 nitrogen and oxygen atoms in total. The number of pyridine rings is 1. The third-order valence-electron chi connectivity index (χ3n) is 2.61. The first kappa shape index (κ1) is 12.6. The molecule has 0 atom stereocenters. The molecule has 0 aliphatic carbocycles. The minimum absolute atomic E-state index is 0.0223. The smallest absolute Gasteiger partial charge is 0.336 e. The lowest BCUT2D eigenvalue weighted by Gasteiger charge is -2.07. The molecule has 2 rings (SSSR count). The van der Waals surface area contributed by atoms with Gasteiger partial charge in [0, 0.05) is 17.3 Å². The molecule has 0 unspecified atom stereocenters. The summed E-state index contributed by atoms with van der Waals surface area (Å²) in [4.78, 5) is 26.2. The van der Waals surface area contributed by atoms with Crippen molar-refractivity contribution in [2.75, 3.05) is 5.73 Å². The Morgan fingerprint density at radius 2 is 1.95 bits per heavy atom. The highest BCUT2D eigenvalue weighted by molar-refractivity contribution is 5.98. The number of nitrogens with zero attached hydrogens (tertiary/aromatic N) is 1. The average molecular weight is 257 g/mol. The van der Waals surface area contributed by atoms with E-state index < -0.39 is 11.9 Å². The number of aromatic carboxylic acids is 1. The minimum atomic E-state index is -1.12.